The normalized spacial score (nSPS) is 11.3. The van der Waals surface area contributed by atoms with Gasteiger partial charge in [0.1, 0.15) is 12.4 Å². The van der Waals surface area contributed by atoms with Crippen LogP contribution < -0.4 is 4.74 Å². The highest BCUT2D eigenvalue weighted by atomic mass is 35.5. The Hall–Kier alpha value is -1.71. The summed E-state index contributed by atoms with van der Waals surface area (Å²) in [6.45, 7) is 2.18. The molecule has 0 aliphatic rings. The van der Waals surface area contributed by atoms with Crippen molar-refractivity contribution in [2.24, 2.45) is 5.16 Å². The first-order valence-corrected chi connectivity index (χ1v) is 7.10. The molecule has 0 aliphatic heterocycles. The van der Waals surface area contributed by atoms with Crippen molar-refractivity contribution >= 4 is 28.9 Å². The van der Waals surface area contributed by atoms with Gasteiger partial charge in [0.25, 0.3) is 0 Å². The van der Waals surface area contributed by atoms with Crippen LogP contribution in [0.3, 0.4) is 0 Å². The van der Waals surface area contributed by atoms with E-state index in [1.54, 1.807) is 19.2 Å². The van der Waals surface area contributed by atoms with E-state index in [1.165, 1.54) is 0 Å². The van der Waals surface area contributed by atoms with Crippen LogP contribution in [0.4, 0.5) is 0 Å². The van der Waals surface area contributed by atoms with Gasteiger partial charge in [0.05, 0.1) is 12.8 Å². The second kappa shape index (κ2) is 7.34. The minimum absolute atomic E-state index is 0.295. The number of halogens is 2. The number of rotatable bonds is 5. The number of nitrogens with zero attached hydrogens (tertiary/aromatic N) is 1. The number of hydrogen-bond acceptors (Lipinski definition) is 3. The van der Waals surface area contributed by atoms with Crippen molar-refractivity contribution in [2.75, 3.05) is 7.11 Å². The molecule has 0 amide bonds. The van der Waals surface area contributed by atoms with Gasteiger partial charge in [-0.05, 0) is 48.9 Å². The second-order valence-electron chi connectivity index (χ2n) is 4.41. The van der Waals surface area contributed by atoms with E-state index < -0.39 is 0 Å². The van der Waals surface area contributed by atoms with E-state index in [9.17, 15) is 0 Å². The highest BCUT2D eigenvalue weighted by Crippen LogP contribution is 2.21. The standard InChI is InChI=1S/C16H15Cl2NO2/c1-11(12-4-7-15(20-2)8-5-12)19-21-10-13-3-6-14(17)9-16(13)18/h3-9H,10H2,1-2H3/b19-11+. The van der Waals surface area contributed by atoms with Crippen LogP contribution in [-0.4, -0.2) is 12.8 Å². The Morgan fingerprint density at radius 1 is 1.10 bits per heavy atom. The molecule has 0 N–H and O–H groups in total. The molecule has 0 fully saturated rings. The third-order valence-electron chi connectivity index (χ3n) is 2.94. The van der Waals surface area contributed by atoms with Crippen molar-refractivity contribution in [1.29, 1.82) is 0 Å². The Bertz CT molecular complexity index is 639. The van der Waals surface area contributed by atoms with Crippen molar-refractivity contribution < 1.29 is 9.57 Å². The molecule has 0 bridgehead atoms. The van der Waals surface area contributed by atoms with Crippen molar-refractivity contribution in [1.82, 2.24) is 0 Å². The van der Waals surface area contributed by atoms with Gasteiger partial charge in [-0.2, -0.15) is 0 Å². The third-order valence-corrected chi connectivity index (χ3v) is 3.53. The fourth-order valence-corrected chi connectivity index (χ4v) is 2.19. The van der Waals surface area contributed by atoms with Crippen LogP contribution in [-0.2, 0) is 11.4 Å². The first kappa shape index (κ1) is 15.7. The molecule has 21 heavy (non-hydrogen) atoms. The Kier molecular flexibility index (Phi) is 5.48. The summed E-state index contributed by atoms with van der Waals surface area (Å²) in [4.78, 5) is 5.34. The van der Waals surface area contributed by atoms with E-state index in [1.807, 2.05) is 37.3 Å². The van der Waals surface area contributed by atoms with Gasteiger partial charge >= 0.3 is 0 Å². The maximum absolute atomic E-state index is 6.07. The van der Waals surface area contributed by atoms with Crippen LogP contribution in [0, 0.1) is 0 Å². The fourth-order valence-electron chi connectivity index (χ4n) is 1.72. The Morgan fingerprint density at radius 3 is 2.43 bits per heavy atom. The van der Waals surface area contributed by atoms with Gasteiger partial charge in [0.2, 0.25) is 0 Å². The predicted octanol–water partition coefficient (Wildman–Crippen LogP) is 4.94. The zero-order valence-corrected chi connectivity index (χ0v) is 13.3. The SMILES string of the molecule is COc1ccc(/C(C)=N/OCc2ccc(Cl)cc2Cl)cc1. The summed E-state index contributed by atoms with van der Waals surface area (Å²) in [6.07, 6.45) is 0. The summed E-state index contributed by atoms with van der Waals surface area (Å²) in [6, 6.07) is 12.9. The molecule has 2 aromatic rings. The van der Waals surface area contributed by atoms with E-state index in [-0.39, 0.29) is 0 Å². The summed E-state index contributed by atoms with van der Waals surface area (Å²) in [5.74, 6) is 0.806. The largest absolute Gasteiger partial charge is 0.497 e. The summed E-state index contributed by atoms with van der Waals surface area (Å²) in [5, 5.41) is 5.26. The zero-order valence-electron chi connectivity index (χ0n) is 11.8. The maximum Gasteiger partial charge on any atom is 0.143 e. The van der Waals surface area contributed by atoms with Crippen LogP contribution in [0.1, 0.15) is 18.1 Å². The second-order valence-corrected chi connectivity index (χ2v) is 5.26. The molecule has 0 heterocycles. The van der Waals surface area contributed by atoms with Crippen LogP contribution in [0.5, 0.6) is 5.75 Å². The van der Waals surface area contributed by atoms with E-state index in [2.05, 4.69) is 5.16 Å². The lowest BCUT2D eigenvalue weighted by Gasteiger charge is -2.05. The monoisotopic (exact) mass is 323 g/mol. The van der Waals surface area contributed by atoms with Crippen molar-refractivity contribution in [3.8, 4) is 5.75 Å². The lowest BCUT2D eigenvalue weighted by molar-refractivity contribution is 0.130. The summed E-state index contributed by atoms with van der Waals surface area (Å²) in [7, 11) is 1.63. The molecule has 5 heteroatoms. The van der Waals surface area contributed by atoms with Crippen molar-refractivity contribution in [3.63, 3.8) is 0 Å². The van der Waals surface area contributed by atoms with Gasteiger partial charge in [-0.3, -0.25) is 0 Å². The Labute approximate surface area is 134 Å². The molecule has 2 rings (SSSR count). The van der Waals surface area contributed by atoms with Crippen LogP contribution in [0.2, 0.25) is 10.0 Å². The molecule has 0 saturated heterocycles. The maximum atomic E-state index is 6.07. The molecular weight excluding hydrogens is 309 g/mol. The molecule has 0 spiro atoms. The van der Waals surface area contributed by atoms with Gasteiger partial charge < -0.3 is 9.57 Å². The minimum atomic E-state index is 0.295. The highest BCUT2D eigenvalue weighted by Gasteiger charge is 2.03. The van der Waals surface area contributed by atoms with Crippen LogP contribution >= 0.6 is 23.2 Å². The van der Waals surface area contributed by atoms with Gasteiger partial charge in [-0.25, -0.2) is 0 Å². The molecule has 0 aliphatic carbocycles. The number of oxime groups is 1. The van der Waals surface area contributed by atoms with Crippen molar-refractivity contribution in [2.45, 2.75) is 13.5 Å². The lowest BCUT2D eigenvalue weighted by atomic mass is 10.1. The lowest BCUT2D eigenvalue weighted by Crippen LogP contribution is -1.97. The van der Waals surface area contributed by atoms with Crippen LogP contribution in [0.25, 0.3) is 0 Å². The summed E-state index contributed by atoms with van der Waals surface area (Å²) in [5.41, 5.74) is 2.59. The summed E-state index contributed by atoms with van der Waals surface area (Å²) >= 11 is 11.9. The minimum Gasteiger partial charge on any atom is -0.497 e. The Balaban J connectivity index is 1.99. The third kappa shape index (κ3) is 4.38. The molecule has 0 aromatic heterocycles. The molecule has 110 valence electrons. The van der Waals surface area contributed by atoms with E-state index in [0.717, 1.165) is 22.6 Å². The molecule has 3 nitrogen and oxygen atoms in total. The predicted molar refractivity (Wildman–Crippen MR) is 86.5 cm³/mol. The number of methoxy groups -OCH3 is 1. The van der Waals surface area contributed by atoms with Crippen LogP contribution in [0.15, 0.2) is 47.6 Å². The quantitative estimate of drug-likeness (QED) is 0.576. The van der Waals surface area contributed by atoms with E-state index in [0.29, 0.717) is 16.7 Å². The average molecular weight is 324 g/mol. The summed E-state index contributed by atoms with van der Waals surface area (Å²) < 4.78 is 5.11. The molecule has 2 aromatic carbocycles. The van der Waals surface area contributed by atoms with Gasteiger partial charge in [0, 0.05) is 15.6 Å². The average Bonchev–Trinajstić information content (AvgIpc) is 2.49. The fraction of sp³-hybridized carbons (Fsp3) is 0.188. The number of ether oxygens (including phenoxy) is 1. The smallest absolute Gasteiger partial charge is 0.143 e. The van der Waals surface area contributed by atoms with E-state index in [4.69, 9.17) is 32.8 Å². The highest BCUT2D eigenvalue weighted by molar-refractivity contribution is 6.35. The zero-order chi connectivity index (χ0) is 15.2. The number of benzene rings is 2. The Morgan fingerprint density at radius 2 is 1.81 bits per heavy atom. The topological polar surface area (TPSA) is 30.8 Å². The first-order valence-electron chi connectivity index (χ1n) is 6.35. The molecule has 0 unspecified atom stereocenters. The molecule has 0 atom stereocenters. The first-order chi connectivity index (χ1) is 10.1. The van der Waals surface area contributed by atoms with E-state index >= 15 is 0 Å². The van der Waals surface area contributed by atoms with Gasteiger partial charge in [-0.15, -0.1) is 0 Å². The molecular formula is C16H15Cl2NO2. The van der Waals surface area contributed by atoms with Crippen molar-refractivity contribution in [3.05, 3.63) is 63.6 Å². The molecule has 0 saturated carbocycles. The number of hydrogen-bond donors (Lipinski definition) is 0. The molecule has 0 radical (unpaired) electrons. The van der Waals surface area contributed by atoms with Gasteiger partial charge in [0.15, 0.2) is 0 Å². The van der Waals surface area contributed by atoms with Gasteiger partial charge in [-0.1, -0.05) is 34.4 Å².